The van der Waals surface area contributed by atoms with E-state index in [-0.39, 0.29) is 0 Å². The first-order valence-corrected chi connectivity index (χ1v) is 6.88. The largest absolute Gasteiger partial charge is 0.421 e. The van der Waals surface area contributed by atoms with E-state index < -0.39 is 0 Å². The summed E-state index contributed by atoms with van der Waals surface area (Å²) >= 11 is 6.09. The molecule has 102 valence electrons. The van der Waals surface area contributed by atoms with Gasteiger partial charge in [-0.3, -0.25) is 0 Å². The maximum Gasteiger partial charge on any atom is 0.248 e. The van der Waals surface area contributed by atoms with Crippen LogP contribution in [0.1, 0.15) is 24.8 Å². The Bertz CT molecular complexity index is 539. The molecule has 0 aliphatic carbocycles. The van der Waals surface area contributed by atoms with E-state index >= 15 is 0 Å². The number of nitrogens with one attached hydrogen (secondary N) is 1. The molecule has 0 atom stereocenters. The van der Waals surface area contributed by atoms with Gasteiger partial charge in [0, 0.05) is 17.0 Å². The molecule has 4 nitrogen and oxygen atoms in total. The minimum absolute atomic E-state index is 0.540. The van der Waals surface area contributed by atoms with Crippen molar-refractivity contribution in [3.8, 4) is 11.5 Å². The number of aryl methyl sites for hydroxylation is 1. The summed E-state index contributed by atoms with van der Waals surface area (Å²) < 4.78 is 5.68. The molecule has 5 heteroatoms. The Kier molecular flexibility index (Phi) is 4.93. The van der Waals surface area contributed by atoms with Gasteiger partial charge in [0.15, 0.2) is 0 Å². The Labute approximate surface area is 118 Å². The van der Waals surface area contributed by atoms with Crippen molar-refractivity contribution in [2.45, 2.75) is 26.7 Å². The van der Waals surface area contributed by atoms with Crippen molar-refractivity contribution >= 4 is 11.6 Å². The van der Waals surface area contributed by atoms with Gasteiger partial charge >= 0.3 is 0 Å². The number of hydrogen-bond acceptors (Lipinski definition) is 4. The number of rotatable bonds is 6. The first-order chi connectivity index (χ1) is 9.22. The Morgan fingerprint density at radius 1 is 1.32 bits per heavy atom. The van der Waals surface area contributed by atoms with Crippen LogP contribution in [0.25, 0.3) is 11.5 Å². The average molecular weight is 280 g/mol. The number of benzene rings is 1. The summed E-state index contributed by atoms with van der Waals surface area (Å²) in [5, 5.41) is 12.1. The zero-order chi connectivity index (χ0) is 13.7. The summed E-state index contributed by atoms with van der Waals surface area (Å²) in [5.74, 6) is 1.21. The van der Waals surface area contributed by atoms with E-state index in [2.05, 4.69) is 22.4 Å². The molecule has 0 unspecified atom stereocenters. The minimum Gasteiger partial charge on any atom is -0.421 e. The highest BCUT2D eigenvalue weighted by molar-refractivity contribution is 6.31. The number of aromatic nitrogens is 2. The average Bonchev–Trinajstić information content (AvgIpc) is 2.87. The van der Waals surface area contributed by atoms with E-state index in [4.69, 9.17) is 16.0 Å². The van der Waals surface area contributed by atoms with Crippen LogP contribution >= 0.6 is 11.6 Å². The first kappa shape index (κ1) is 14.0. The van der Waals surface area contributed by atoms with Gasteiger partial charge in [0.1, 0.15) is 0 Å². The van der Waals surface area contributed by atoms with E-state index in [9.17, 15) is 0 Å². The van der Waals surface area contributed by atoms with Gasteiger partial charge in [-0.25, -0.2) is 0 Å². The highest BCUT2D eigenvalue weighted by atomic mass is 35.5. The molecule has 1 aromatic heterocycles. The second-order valence-electron chi connectivity index (χ2n) is 4.37. The fourth-order valence-electron chi connectivity index (χ4n) is 1.84. The number of halogens is 1. The molecule has 2 rings (SSSR count). The molecular formula is C14H18ClN3O. The molecule has 0 aliphatic heterocycles. The van der Waals surface area contributed by atoms with Gasteiger partial charge in [0.25, 0.3) is 0 Å². The van der Waals surface area contributed by atoms with Crippen LogP contribution in [0.4, 0.5) is 0 Å². The van der Waals surface area contributed by atoms with Gasteiger partial charge in [0.05, 0.1) is 0 Å². The normalized spacial score (nSPS) is 10.9. The lowest BCUT2D eigenvalue weighted by atomic mass is 10.1. The first-order valence-electron chi connectivity index (χ1n) is 6.51. The molecular weight excluding hydrogens is 262 g/mol. The number of nitrogens with zero attached hydrogens (tertiary/aromatic N) is 2. The second kappa shape index (κ2) is 6.68. The summed E-state index contributed by atoms with van der Waals surface area (Å²) in [6.07, 6.45) is 1.78. The molecule has 0 fully saturated rings. The van der Waals surface area contributed by atoms with Crippen molar-refractivity contribution in [2.24, 2.45) is 0 Å². The molecule has 1 N–H and O–H groups in total. The fourth-order valence-corrected chi connectivity index (χ4v) is 2.02. The third-order valence-corrected chi connectivity index (χ3v) is 3.37. The van der Waals surface area contributed by atoms with Crippen molar-refractivity contribution in [2.75, 3.05) is 13.1 Å². The third kappa shape index (κ3) is 3.55. The van der Waals surface area contributed by atoms with Gasteiger partial charge < -0.3 is 9.73 Å². The molecule has 19 heavy (non-hydrogen) atoms. The Morgan fingerprint density at radius 3 is 2.95 bits per heavy atom. The van der Waals surface area contributed by atoms with Crippen LogP contribution in [0.15, 0.2) is 22.6 Å². The van der Waals surface area contributed by atoms with Gasteiger partial charge in [0.2, 0.25) is 11.8 Å². The van der Waals surface area contributed by atoms with Gasteiger partial charge in [-0.2, -0.15) is 0 Å². The smallest absolute Gasteiger partial charge is 0.248 e. The SMILES string of the molecule is CCNCCCc1nnc(-c2cccc(Cl)c2C)o1. The molecule has 1 heterocycles. The van der Waals surface area contributed by atoms with Crippen molar-refractivity contribution in [3.63, 3.8) is 0 Å². The van der Waals surface area contributed by atoms with Crippen molar-refractivity contribution in [3.05, 3.63) is 34.7 Å². The van der Waals surface area contributed by atoms with Gasteiger partial charge in [-0.1, -0.05) is 24.6 Å². The van der Waals surface area contributed by atoms with Crippen molar-refractivity contribution in [1.82, 2.24) is 15.5 Å². The second-order valence-corrected chi connectivity index (χ2v) is 4.78. The highest BCUT2D eigenvalue weighted by Gasteiger charge is 2.12. The van der Waals surface area contributed by atoms with Crippen LogP contribution in [0.2, 0.25) is 5.02 Å². The van der Waals surface area contributed by atoms with Crippen molar-refractivity contribution < 1.29 is 4.42 Å². The summed E-state index contributed by atoms with van der Waals surface area (Å²) in [6.45, 7) is 5.99. The maximum absolute atomic E-state index is 6.09. The fraction of sp³-hybridized carbons (Fsp3) is 0.429. The molecule has 0 bridgehead atoms. The third-order valence-electron chi connectivity index (χ3n) is 2.96. The summed E-state index contributed by atoms with van der Waals surface area (Å²) in [7, 11) is 0. The standard InChI is InChI=1S/C14H18ClN3O/c1-3-16-9-5-8-13-17-18-14(19-13)11-6-4-7-12(15)10(11)2/h4,6-7,16H,3,5,8-9H2,1-2H3. The van der Waals surface area contributed by atoms with Crippen LogP contribution in [0, 0.1) is 6.92 Å². The van der Waals surface area contributed by atoms with Gasteiger partial charge in [-0.05, 0) is 44.1 Å². The van der Waals surface area contributed by atoms with E-state index in [1.807, 2.05) is 25.1 Å². The molecule has 0 aliphatic rings. The predicted octanol–water partition coefficient (Wildman–Crippen LogP) is 3.24. The zero-order valence-corrected chi connectivity index (χ0v) is 12.0. The monoisotopic (exact) mass is 279 g/mol. The van der Waals surface area contributed by atoms with Crippen LogP contribution in [0.5, 0.6) is 0 Å². The van der Waals surface area contributed by atoms with E-state index in [0.29, 0.717) is 16.8 Å². The lowest BCUT2D eigenvalue weighted by molar-refractivity contribution is 0.492. The minimum atomic E-state index is 0.540. The maximum atomic E-state index is 6.09. The molecule has 0 amide bonds. The van der Waals surface area contributed by atoms with E-state index in [1.54, 1.807) is 0 Å². The Balaban J connectivity index is 2.06. The van der Waals surface area contributed by atoms with Gasteiger partial charge in [-0.15, -0.1) is 10.2 Å². The summed E-state index contributed by atoms with van der Waals surface area (Å²) in [4.78, 5) is 0. The van der Waals surface area contributed by atoms with Crippen molar-refractivity contribution in [1.29, 1.82) is 0 Å². The summed E-state index contributed by atoms with van der Waals surface area (Å²) in [5.41, 5.74) is 1.87. The topological polar surface area (TPSA) is 51.0 Å². The van der Waals surface area contributed by atoms with E-state index in [1.165, 1.54) is 0 Å². The molecule has 2 aromatic rings. The van der Waals surface area contributed by atoms with Crippen LogP contribution in [-0.2, 0) is 6.42 Å². The number of hydrogen-bond donors (Lipinski definition) is 1. The molecule has 1 aromatic carbocycles. The summed E-state index contributed by atoms with van der Waals surface area (Å²) in [6, 6.07) is 5.69. The van der Waals surface area contributed by atoms with Crippen LogP contribution in [-0.4, -0.2) is 23.3 Å². The lowest BCUT2D eigenvalue weighted by Gasteiger charge is -2.02. The van der Waals surface area contributed by atoms with Crippen LogP contribution in [0.3, 0.4) is 0 Å². The zero-order valence-electron chi connectivity index (χ0n) is 11.2. The lowest BCUT2D eigenvalue weighted by Crippen LogP contribution is -2.14. The predicted molar refractivity (Wildman–Crippen MR) is 76.3 cm³/mol. The van der Waals surface area contributed by atoms with E-state index in [0.717, 1.165) is 37.1 Å². The molecule has 0 spiro atoms. The quantitative estimate of drug-likeness (QED) is 0.825. The molecule has 0 saturated heterocycles. The highest BCUT2D eigenvalue weighted by Crippen LogP contribution is 2.27. The molecule has 0 radical (unpaired) electrons. The molecule has 0 saturated carbocycles. The Hall–Kier alpha value is -1.39. The Morgan fingerprint density at radius 2 is 2.16 bits per heavy atom. The van der Waals surface area contributed by atoms with Crippen LogP contribution < -0.4 is 5.32 Å².